The van der Waals surface area contributed by atoms with Crippen LogP contribution < -0.4 is 10.1 Å². The first-order chi connectivity index (χ1) is 9.27. The van der Waals surface area contributed by atoms with E-state index in [2.05, 4.69) is 15.0 Å². The van der Waals surface area contributed by atoms with Gasteiger partial charge in [0.05, 0.1) is 12.8 Å². The fourth-order valence-corrected chi connectivity index (χ4v) is 1.70. The monoisotopic (exact) mass is 324 g/mol. The maximum Gasteiger partial charge on any atom is 0.346 e. The Hall–Kier alpha value is -1.60. The van der Waals surface area contributed by atoms with Gasteiger partial charge in [0, 0.05) is 6.92 Å². The fraction of sp³-hybridized carbons (Fsp3) is 0.364. The van der Waals surface area contributed by atoms with Crippen molar-refractivity contribution in [2.24, 2.45) is 0 Å². The smallest absolute Gasteiger partial charge is 0.346 e. The summed E-state index contributed by atoms with van der Waals surface area (Å²) in [5.41, 5.74) is -0.180. The summed E-state index contributed by atoms with van der Waals surface area (Å²) in [7, 11) is 1.17. The average molecular weight is 325 g/mol. The molecule has 0 aromatic carbocycles. The highest BCUT2D eigenvalue weighted by atomic mass is 35.5. The molecular weight excluding hydrogens is 314 g/mol. The normalized spacial score (nSPS) is 11.7. The highest BCUT2D eigenvalue weighted by molar-refractivity contribution is 6.40. The molecule has 1 rings (SSSR count). The second-order valence-electron chi connectivity index (χ2n) is 3.68. The Kier molecular flexibility index (Phi) is 5.52. The van der Waals surface area contributed by atoms with Crippen LogP contribution in [0.25, 0.3) is 0 Å². The number of anilines is 1. The second kappa shape index (κ2) is 6.71. The van der Waals surface area contributed by atoms with Crippen molar-refractivity contribution < 1.29 is 23.5 Å². The Morgan fingerprint density at radius 1 is 1.35 bits per heavy atom. The highest BCUT2D eigenvalue weighted by Crippen LogP contribution is 2.38. The summed E-state index contributed by atoms with van der Waals surface area (Å²) >= 11 is 11.6. The molecular formula is C11H11Cl2FN2O4. The minimum atomic E-state index is -1.09. The van der Waals surface area contributed by atoms with E-state index < -0.39 is 29.0 Å². The number of halogens is 3. The molecule has 1 aromatic heterocycles. The van der Waals surface area contributed by atoms with Gasteiger partial charge in [-0.15, -0.1) is 0 Å². The molecule has 0 radical (unpaired) electrons. The molecule has 1 amide bonds. The summed E-state index contributed by atoms with van der Waals surface area (Å²) in [5, 5.41) is 1.58. The zero-order valence-electron chi connectivity index (χ0n) is 10.8. The van der Waals surface area contributed by atoms with Gasteiger partial charge in [0.15, 0.2) is 6.10 Å². The summed E-state index contributed by atoms with van der Waals surface area (Å²) < 4.78 is 23.1. The van der Waals surface area contributed by atoms with Gasteiger partial charge in [-0.05, 0) is 6.92 Å². The van der Waals surface area contributed by atoms with Crippen LogP contribution in [-0.2, 0) is 14.3 Å². The molecule has 0 unspecified atom stereocenters. The molecule has 0 aliphatic carbocycles. The van der Waals surface area contributed by atoms with Crippen molar-refractivity contribution >= 4 is 40.8 Å². The molecule has 0 saturated heterocycles. The van der Waals surface area contributed by atoms with Crippen LogP contribution in [0.1, 0.15) is 13.8 Å². The topological polar surface area (TPSA) is 77.5 Å². The van der Waals surface area contributed by atoms with Gasteiger partial charge in [-0.2, -0.15) is 9.37 Å². The van der Waals surface area contributed by atoms with E-state index in [4.69, 9.17) is 27.9 Å². The lowest BCUT2D eigenvalue weighted by molar-refractivity contribution is -0.148. The fourth-order valence-electron chi connectivity index (χ4n) is 1.24. The summed E-state index contributed by atoms with van der Waals surface area (Å²) in [5.74, 6) is -2.67. The quantitative estimate of drug-likeness (QED) is 0.679. The van der Waals surface area contributed by atoms with E-state index in [1.54, 1.807) is 0 Å². The number of carbonyl (C=O) groups is 2. The minimum Gasteiger partial charge on any atom is -0.466 e. The van der Waals surface area contributed by atoms with Crippen LogP contribution in [0.3, 0.4) is 0 Å². The number of amides is 1. The van der Waals surface area contributed by atoms with E-state index in [0.29, 0.717) is 0 Å². The maximum atomic E-state index is 13.6. The number of esters is 1. The number of nitrogens with zero attached hydrogens (tertiary/aromatic N) is 1. The SMILES string of the molecule is COC(=O)[C@@H](C)Oc1nc(F)c(Cl)c(NC(C)=O)c1Cl. The maximum absolute atomic E-state index is 13.6. The van der Waals surface area contributed by atoms with E-state index in [-0.39, 0.29) is 16.6 Å². The van der Waals surface area contributed by atoms with Gasteiger partial charge in [-0.3, -0.25) is 4.79 Å². The lowest BCUT2D eigenvalue weighted by Crippen LogP contribution is -2.25. The van der Waals surface area contributed by atoms with Gasteiger partial charge >= 0.3 is 5.97 Å². The van der Waals surface area contributed by atoms with Crippen molar-refractivity contribution in [1.82, 2.24) is 4.98 Å². The molecule has 0 spiro atoms. The molecule has 0 fully saturated rings. The largest absolute Gasteiger partial charge is 0.466 e. The minimum absolute atomic E-state index is 0.180. The van der Waals surface area contributed by atoms with Gasteiger partial charge in [-0.1, -0.05) is 23.2 Å². The van der Waals surface area contributed by atoms with Crippen LogP contribution in [-0.4, -0.2) is 30.1 Å². The molecule has 0 saturated carbocycles. The van der Waals surface area contributed by atoms with E-state index in [1.807, 2.05) is 0 Å². The summed E-state index contributed by atoms with van der Waals surface area (Å²) in [6, 6.07) is 0. The second-order valence-corrected chi connectivity index (χ2v) is 4.43. The molecule has 6 nitrogen and oxygen atoms in total. The zero-order valence-corrected chi connectivity index (χ0v) is 12.3. The number of ether oxygens (including phenoxy) is 2. The van der Waals surface area contributed by atoms with Gasteiger partial charge in [0.1, 0.15) is 10.0 Å². The third kappa shape index (κ3) is 3.71. The van der Waals surface area contributed by atoms with Gasteiger partial charge in [0.2, 0.25) is 17.7 Å². The Morgan fingerprint density at radius 2 is 1.95 bits per heavy atom. The van der Waals surface area contributed by atoms with E-state index in [1.165, 1.54) is 21.0 Å². The molecule has 0 aliphatic rings. The molecule has 0 bridgehead atoms. The highest BCUT2D eigenvalue weighted by Gasteiger charge is 2.23. The zero-order chi connectivity index (χ0) is 15.4. The first-order valence-corrected chi connectivity index (χ1v) is 6.10. The number of pyridine rings is 1. The van der Waals surface area contributed by atoms with Gasteiger partial charge in [-0.25, -0.2) is 4.79 Å². The van der Waals surface area contributed by atoms with Crippen LogP contribution >= 0.6 is 23.2 Å². The number of aromatic nitrogens is 1. The summed E-state index contributed by atoms with van der Waals surface area (Å²) in [6.07, 6.45) is -1.06. The Labute approximate surface area is 124 Å². The van der Waals surface area contributed by atoms with Crippen LogP contribution in [0, 0.1) is 5.95 Å². The van der Waals surface area contributed by atoms with E-state index >= 15 is 0 Å². The lowest BCUT2D eigenvalue weighted by atomic mass is 10.3. The average Bonchev–Trinajstić information content (AvgIpc) is 2.39. The molecule has 1 atom stereocenters. The third-order valence-electron chi connectivity index (χ3n) is 2.13. The number of rotatable bonds is 4. The number of nitrogens with one attached hydrogen (secondary N) is 1. The third-order valence-corrected chi connectivity index (χ3v) is 2.83. The van der Waals surface area contributed by atoms with Crippen molar-refractivity contribution in [1.29, 1.82) is 0 Å². The van der Waals surface area contributed by atoms with Crippen molar-refractivity contribution in [3.05, 3.63) is 16.0 Å². The Morgan fingerprint density at radius 3 is 2.45 bits per heavy atom. The van der Waals surface area contributed by atoms with Gasteiger partial charge < -0.3 is 14.8 Å². The van der Waals surface area contributed by atoms with Crippen molar-refractivity contribution in [2.75, 3.05) is 12.4 Å². The molecule has 0 aliphatic heterocycles. The van der Waals surface area contributed by atoms with Crippen molar-refractivity contribution in [2.45, 2.75) is 20.0 Å². The molecule has 9 heteroatoms. The first kappa shape index (κ1) is 16.5. The van der Waals surface area contributed by atoms with Crippen molar-refractivity contribution in [3.63, 3.8) is 0 Å². The van der Waals surface area contributed by atoms with Crippen LogP contribution in [0.15, 0.2) is 0 Å². The summed E-state index contributed by atoms with van der Waals surface area (Å²) in [4.78, 5) is 25.7. The molecule has 20 heavy (non-hydrogen) atoms. The first-order valence-electron chi connectivity index (χ1n) is 5.34. The molecule has 1 N–H and O–H groups in total. The predicted octanol–water partition coefficient (Wildman–Crippen LogP) is 2.43. The molecule has 1 aromatic rings. The molecule has 1 heterocycles. The summed E-state index contributed by atoms with van der Waals surface area (Å²) in [6.45, 7) is 2.57. The van der Waals surface area contributed by atoms with Crippen LogP contribution in [0.5, 0.6) is 5.88 Å². The number of methoxy groups -OCH3 is 1. The Bertz CT molecular complexity index is 554. The number of hydrogen-bond acceptors (Lipinski definition) is 5. The molecule has 110 valence electrons. The standard InChI is InChI=1S/C11H11Cl2FN2O4/c1-4(11(18)19-3)20-10-7(13)8(15-5(2)17)6(12)9(14)16-10/h4H,1-3H3,(H,15,16,17)/t4-/m1/s1. The van der Waals surface area contributed by atoms with E-state index in [9.17, 15) is 14.0 Å². The van der Waals surface area contributed by atoms with Gasteiger partial charge in [0.25, 0.3) is 0 Å². The van der Waals surface area contributed by atoms with E-state index in [0.717, 1.165) is 0 Å². The lowest BCUT2D eigenvalue weighted by Gasteiger charge is -2.15. The van der Waals surface area contributed by atoms with Crippen molar-refractivity contribution in [3.8, 4) is 5.88 Å². The predicted molar refractivity (Wildman–Crippen MR) is 70.6 cm³/mol. The number of hydrogen-bond donors (Lipinski definition) is 1. The van der Waals surface area contributed by atoms with Crippen LogP contribution in [0.4, 0.5) is 10.1 Å². The van der Waals surface area contributed by atoms with Crippen LogP contribution in [0.2, 0.25) is 10.0 Å². The number of carbonyl (C=O) groups excluding carboxylic acids is 2. The Balaban J connectivity index is 3.18.